The lowest BCUT2D eigenvalue weighted by atomic mass is 9.99. The third-order valence-electron chi connectivity index (χ3n) is 9.10. The second kappa shape index (κ2) is 19.3. The van der Waals surface area contributed by atoms with Crippen molar-refractivity contribution in [1.82, 2.24) is 30.5 Å². The fourth-order valence-corrected chi connectivity index (χ4v) is 7.80. The Balaban J connectivity index is 1.51. The topological polar surface area (TPSA) is 190 Å². The van der Waals surface area contributed by atoms with Crippen molar-refractivity contribution in [3.63, 3.8) is 0 Å². The van der Waals surface area contributed by atoms with Gasteiger partial charge in [-0.2, -0.15) is 0 Å². The van der Waals surface area contributed by atoms with Crippen molar-refractivity contribution in [2.45, 2.75) is 67.7 Å². The number of aryl methyl sites for hydroxylation is 1. The van der Waals surface area contributed by atoms with Crippen molar-refractivity contribution in [2.75, 3.05) is 20.3 Å². The van der Waals surface area contributed by atoms with Crippen LogP contribution in [0.5, 0.6) is 0 Å². The molecule has 3 heterocycles. The van der Waals surface area contributed by atoms with Gasteiger partial charge in [0.2, 0.25) is 11.8 Å². The van der Waals surface area contributed by atoms with E-state index < -0.39 is 12.1 Å². The highest BCUT2D eigenvalue weighted by atomic mass is 35.5. The average Bonchev–Trinajstić information content (AvgIpc) is 3.48. The number of carbonyl (C=O) groups excluding carboxylic acids is 2. The number of para-hydroxylation sites is 1. The van der Waals surface area contributed by atoms with Crippen molar-refractivity contribution in [2.24, 2.45) is 17.4 Å². The van der Waals surface area contributed by atoms with E-state index >= 15 is 0 Å². The number of aromatic nitrogens is 3. The van der Waals surface area contributed by atoms with Crippen LogP contribution in [0.3, 0.4) is 0 Å². The number of fused-ring (bicyclic) bond motifs is 1. The van der Waals surface area contributed by atoms with E-state index in [9.17, 15) is 9.59 Å². The van der Waals surface area contributed by atoms with E-state index in [1.165, 1.54) is 16.7 Å². The molecule has 0 radical (unpaired) electrons. The Morgan fingerprint density at radius 2 is 1.81 bits per heavy atom. The number of hydrogen-bond acceptors (Lipinski definition) is 10. The van der Waals surface area contributed by atoms with Crippen molar-refractivity contribution in [3.05, 3.63) is 106 Å². The van der Waals surface area contributed by atoms with Crippen molar-refractivity contribution < 1.29 is 14.4 Å². The first kappa shape index (κ1) is 40.1. The minimum atomic E-state index is -0.883. The number of H-pyrrole nitrogens is 1. The van der Waals surface area contributed by atoms with Crippen LogP contribution in [0.4, 0.5) is 0 Å². The molecule has 0 saturated heterocycles. The molecule has 12 nitrogen and oxygen atoms in total. The number of benzene rings is 2. The summed E-state index contributed by atoms with van der Waals surface area (Å²) in [6, 6.07) is 17.5. The SMILES string of the molecule is Cc1[nH]c2ccccc2c1C[C@@H](C(=O)NCc1cc(-c2ccnc(Cl)c2)cc(Cl)c1Sc1ncccc1CN)N(C)C(=O)[C@H](CCCCN)NCON. The smallest absolute Gasteiger partial charge is 0.243 e. The number of carbonyl (C=O) groups is 2. The van der Waals surface area contributed by atoms with E-state index in [0.717, 1.165) is 50.8 Å². The molecule has 0 aliphatic carbocycles. The van der Waals surface area contributed by atoms with Crippen LogP contribution in [0.1, 0.15) is 41.6 Å². The number of amides is 2. The van der Waals surface area contributed by atoms with Gasteiger partial charge in [0.15, 0.2) is 0 Å². The second-order valence-electron chi connectivity index (χ2n) is 12.6. The first-order valence-electron chi connectivity index (χ1n) is 17.3. The van der Waals surface area contributed by atoms with Crippen molar-refractivity contribution in [3.8, 4) is 11.1 Å². The predicted octanol–water partition coefficient (Wildman–Crippen LogP) is 5.47. The van der Waals surface area contributed by atoms with Gasteiger partial charge in [-0.05, 0) is 90.5 Å². The molecule has 0 spiro atoms. The van der Waals surface area contributed by atoms with E-state index in [2.05, 4.69) is 25.6 Å². The van der Waals surface area contributed by atoms with Crippen LogP contribution in [0, 0.1) is 6.92 Å². The summed E-state index contributed by atoms with van der Waals surface area (Å²) in [5, 5.41) is 8.70. The number of likely N-dealkylation sites (N-methyl/N-ethyl adjacent to an activating group) is 1. The molecular formula is C38H45Cl2N9O3S. The second-order valence-corrected chi connectivity index (χ2v) is 14.4. The molecule has 5 rings (SSSR count). The minimum Gasteiger partial charge on any atom is -0.358 e. The molecule has 0 aliphatic heterocycles. The van der Waals surface area contributed by atoms with Gasteiger partial charge in [0.25, 0.3) is 0 Å². The first-order valence-corrected chi connectivity index (χ1v) is 18.8. The Morgan fingerprint density at radius 1 is 1.00 bits per heavy atom. The van der Waals surface area contributed by atoms with E-state index in [1.54, 1.807) is 25.5 Å². The number of aromatic amines is 1. The maximum atomic E-state index is 14.5. The van der Waals surface area contributed by atoms with Gasteiger partial charge in [-0.15, -0.1) is 0 Å². The van der Waals surface area contributed by atoms with Gasteiger partial charge in [0, 0.05) is 60.4 Å². The molecule has 2 amide bonds. The molecule has 0 saturated carbocycles. The van der Waals surface area contributed by atoms with Crippen LogP contribution in [0.15, 0.2) is 83.0 Å². The van der Waals surface area contributed by atoms with Crippen molar-refractivity contribution >= 4 is 57.7 Å². The quantitative estimate of drug-likeness (QED) is 0.0288. The van der Waals surface area contributed by atoms with E-state index in [-0.39, 0.29) is 31.5 Å². The molecule has 0 aliphatic rings. The number of rotatable bonds is 18. The Bertz CT molecular complexity index is 2030. The maximum Gasteiger partial charge on any atom is 0.243 e. The van der Waals surface area contributed by atoms with Crippen LogP contribution in [0.25, 0.3) is 22.0 Å². The Kier molecular flexibility index (Phi) is 14.6. The van der Waals surface area contributed by atoms with Crippen LogP contribution >= 0.6 is 35.0 Å². The molecule has 3 aromatic heterocycles. The molecule has 15 heteroatoms. The van der Waals surface area contributed by atoms with Gasteiger partial charge in [0.1, 0.15) is 23.0 Å². The molecule has 2 aromatic carbocycles. The molecule has 53 heavy (non-hydrogen) atoms. The number of unbranched alkanes of at least 4 members (excludes halogenated alkanes) is 1. The predicted molar refractivity (Wildman–Crippen MR) is 211 cm³/mol. The lowest BCUT2D eigenvalue weighted by molar-refractivity contribution is -0.141. The Labute approximate surface area is 323 Å². The highest BCUT2D eigenvalue weighted by Gasteiger charge is 2.32. The van der Waals surface area contributed by atoms with Gasteiger partial charge in [-0.3, -0.25) is 19.7 Å². The maximum absolute atomic E-state index is 14.5. The van der Waals surface area contributed by atoms with Gasteiger partial charge in [-0.25, -0.2) is 15.9 Å². The van der Waals surface area contributed by atoms with Crippen LogP contribution < -0.4 is 28.0 Å². The fraction of sp³-hybridized carbons (Fsp3) is 0.316. The summed E-state index contributed by atoms with van der Waals surface area (Å²) in [7, 11) is 1.65. The zero-order valence-corrected chi connectivity index (χ0v) is 32.0. The molecule has 0 bridgehead atoms. The van der Waals surface area contributed by atoms with Crippen LogP contribution in [-0.4, -0.2) is 64.1 Å². The van der Waals surface area contributed by atoms with Gasteiger partial charge in [-0.1, -0.05) is 65.7 Å². The summed E-state index contributed by atoms with van der Waals surface area (Å²) >= 11 is 14.6. The van der Waals surface area contributed by atoms with E-state index in [1.807, 2.05) is 61.5 Å². The highest BCUT2D eigenvalue weighted by molar-refractivity contribution is 7.99. The van der Waals surface area contributed by atoms with Crippen molar-refractivity contribution in [1.29, 1.82) is 0 Å². The Morgan fingerprint density at radius 3 is 2.57 bits per heavy atom. The molecule has 280 valence electrons. The lowest BCUT2D eigenvalue weighted by Crippen LogP contribution is -2.54. The molecular weight excluding hydrogens is 733 g/mol. The number of nitrogens with two attached hydrogens (primary N) is 3. The standard InChI is InChI=1S/C38H45Cl2N9O3S/c1-23-29(28-9-3-4-10-31(28)48-23)19-33(49(2)38(51)32(47-22-52-43)11-5-6-13-41)36(50)46-21-27-16-26(24-12-15-44-34(40)18-24)17-30(39)35(27)53-37-25(20-42)8-7-14-45-37/h3-4,7-10,12,14-18,32-33,47-48H,5-6,11,13,19-22,41-43H2,1-2H3,(H,46,50)/t32-,33-/m0/s1. The molecule has 0 fully saturated rings. The zero-order valence-electron chi connectivity index (χ0n) is 29.7. The summed E-state index contributed by atoms with van der Waals surface area (Å²) in [6.07, 6.45) is 5.53. The number of pyridine rings is 2. The molecule has 2 atom stereocenters. The Hall–Kier alpha value is -4.05. The number of hydrogen-bond donors (Lipinski definition) is 6. The van der Waals surface area contributed by atoms with Gasteiger partial charge in [0.05, 0.1) is 11.1 Å². The monoisotopic (exact) mass is 777 g/mol. The largest absolute Gasteiger partial charge is 0.358 e. The average molecular weight is 779 g/mol. The third kappa shape index (κ3) is 10.1. The number of nitrogens with one attached hydrogen (secondary N) is 3. The van der Waals surface area contributed by atoms with Gasteiger partial charge < -0.3 is 26.7 Å². The first-order chi connectivity index (χ1) is 25.6. The summed E-state index contributed by atoms with van der Waals surface area (Å²) < 4.78 is 0. The summed E-state index contributed by atoms with van der Waals surface area (Å²) in [6.45, 7) is 2.83. The fourth-order valence-electron chi connectivity index (χ4n) is 6.26. The number of nitrogens with zero attached hydrogens (tertiary/aromatic N) is 3. The van der Waals surface area contributed by atoms with Gasteiger partial charge >= 0.3 is 0 Å². The summed E-state index contributed by atoms with van der Waals surface area (Å²) in [5.41, 5.74) is 17.8. The lowest BCUT2D eigenvalue weighted by Gasteiger charge is -2.31. The molecule has 0 unspecified atom stereocenters. The summed E-state index contributed by atoms with van der Waals surface area (Å²) in [4.78, 5) is 47.7. The van der Waals surface area contributed by atoms with E-state index in [4.69, 9.17) is 45.4 Å². The normalized spacial score (nSPS) is 12.5. The van der Waals surface area contributed by atoms with Crippen LogP contribution in [-0.2, 0) is 33.9 Å². The molecule has 5 aromatic rings. The highest BCUT2D eigenvalue weighted by Crippen LogP contribution is 2.40. The summed E-state index contributed by atoms with van der Waals surface area (Å²) in [5.74, 6) is 4.70. The minimum absolute atomic E-state index is 0.0341. The molecule has 9 N–H and O–H groups in total. The third-order valence-corrected chi connectivity index (χ3v) is 11.0. The van der Waals surface area contributed by atoms with Crippen LogP contribution in [0.2, 0.25) is 10.2 Å². The van der Waals surface area contributed by atoms with E-state index in [0.29, 0.717) is 46.0 Å². The zero-order chi connectivity index (χ0) is 37.9. The number of halogens is 2.